The number of ether oxygens (including phenoxy) is 2. The van der Waals surface area contributed by atoms with Crippen LogP contribution in [0.3, 0.4) is 0 Å². The minimum absolute atomic E-state index is 0.0103. The molecule has 3 N–H and O–H groups in total. The molecule has 3 aliphatic rings. The van der Waals surface area contributed by atoms with Crippen molar-refractivity contribution < 1.29 is 19.1 Å². The predicted octanol–water partition coefficient (Wildman–Crippen LogP) is 5.50. The summed E-state index contributed by atoms with van der Waals surface area (Å²) < 4.78 is 10.7. The van der Waals surface area contributed by atoms with Gasteiger partial charge in [-0.1, -0.05) is 43.7 Å². The number of halogens is 1. The highest BCUT2D eigenvalue weighted by molar-refractivity contribution is 6.31. The summed E-state index contributed by atoms with van der Waals surface area (Å²) in [5.74, 6) is 1.18. The van der Waals surface area contributed by atoms with Crippen molar-refractivity contribution in [1.82, 2.24) is 4.90 Å². The van der Waals surface area contributed by atoms with Gasteiger partial charge in [-0.15, -0.1) is 0 Å². The predicted molar refractivity (Wildman–Crippen MR) is 139 cm³/mol. The van der Waals surface area contributed by atoms with Crippen molar-refractivity contribution in [3.63, 3.8) is 0 Å². The zero-order valence-corrected chi connectivity index (χ0v) is 21.3. The van der Waals surface area contributed by atoms with Crippen LogP contribution in [0.1, 0.15) is 73.7 Å². The Labute approximate surface area is 217 Å². The third-order valence-corrected chi connectivity index (χ3v) is 8.07. The molecular weight excluding hydrogens is 478 g/mol. The number of hydrogen-bond acceptors (Lipinski definition) is 5. The van der Waals surface area contributed by atoms with Crippen LogP contribution in [0.2, 0.25) is 5.02 Å². The lowest BCUT2D eigenvalue weighted by Crippen LogP contribution is -2.53. The van der Waals surface area contributed by atoms with Gasteiger partial charge in [-0.2, -0.15) is 0 Å². The summed E-state index contributed by atoms with van der Waals surface area (Å²) in [6, 6.07) is 10.5. The van der Waals surface area contributed by atoms with Gasteiger partial charge in [0.15, 0.2) is 11.5 Å². The highest BCUT2D eigenvalue weighted by Gasteiger charge is 2.35. The second kappa shape index (κ2) is 11.1. The lowest BCUT2D eigenvalue weighted by atomic mass is 9.85. The maximum atomic E-state index is 13.7. The van der Waals surface area contributed by atoms with Gasteiger partial charge in [-0.25, -0.2) is 0 Å². The Balaban J connectivity index is 1.35. The summed E-state index contributed by atoms with van der Waals surface area (Å²) in [5, 5.41) is 3.52. The minimum Gasteiger partial charge on any atom is -0.454 e. The van der Waals surface area contributed by atoms with Gasteiger partial charge in [-0.05, 0) is 67.6 Å². The first-order valence-electron chi connectivity index (χ1n) is 13.0. The molecular formula is C28H34ClN3O4. The summed E-state index contributed by atoms with van der Waals surface area (Å²) >= 11 is 6.61. The number of carbonyl (C=O) groups is 2. The fraction of sp³-hybridized carbons (Fsp3) is 0.500. The van der Waals surface area contributed by atoms with Gasteiger partial charge >= 0.3 is 0 Å². The molecule has 2 unspecified atom stereocenters. The van der Waals surface area contributed by atoms with Crippen LogP contribution in [0, 0.1) is 5.92 Å². The number of amides is 2. The Morgan fingerprint density at radius 1 is 0.944 bits per heavy atom. The van der Waals surface area contributed by atoms with Gasteiger partial charge < -0.3 is 25.4 Å². The molecule has 1 heterocycles. The largest absolute Gasteiger partial charge is 0.454 e. The Hall–Kier alpha value is -2.77. The number of nitrogens with one attached hydrogen (secondary N) is 1. The smallest absolute Gasteiger partial charge is 0.255 e. The number of nitrogens with zero attached hydrogens (tertiary/aromatic N) is 1. The number of nitrogens with two attached hydrogens (primary N) is 1. The van der Waals surface area contributed by atoms with Gasteiger partial charge in [0.05, 0.1) is 0 Å². The Bertz CT molecular complexity index is 1120. The molecule has 1 aliphatic heterocycles. The molecule has 2 aromatic rings. The van der Waals surface area contributed by atoms with Crippen LogP contribution < -0.4 is 20.5 Å². The van der Waals surface area contributed by atoms with Crippen LogP contribution in [0.5, 0.6) is 11.5 Å². The standard InChI is InChI=1S/C28H34ClN3O4/c29-22-12-11-21(31-27(33)19-10-13-25-26(15-19)36-17-35-25)14-20(22)16-32(24-9-5-4-8-23(24)30)28(34)18-6-2-1-3-7-18/h10-15,18,23-24H,1-9,16-17,30H2,(H,31,33). The van der Waals surface area contributed by atoms with E-state index in [1.54, 1.807) is 30.3 Å². The van der Waals surface area contributed by atoms with E-state index in [0.29, 0.717) is 34.3 Å². The molecule has 0 saturated heterocycles. The average molecular weight is 512 g/mol. The summed E-state index contributed by atoms with van der Waals surface area (Å²) in [5.41, 5.74) is 8.43. The van der Waals surface area contributed by atoms with E-state index in [1.807, 2.05) is 11.0 Å². The van der Waals surface area contributed by atoms with E-state index in [4.69, 9.17) is 26.8 Å². The zero-order chi connectivity index (χ0) is 25.1. The number of hydrogen-bond donors (Lipinski definition) is 2. The molecule has 2 amide bonds. The Kier molecular flexibility index (Phi) is 7.67. The molecule has 2 aliphatic carbocycles. The Morgan fingerprint density at radius 2 is 1.69 bits per heavy atom. The first kappa shape index (κ1) is 24.9. The maximum absolute atomic E-state index is 13.7. The summed E-state index contributed by atoms with van der Waals surface area (Å²) in [6.45, 7) is 0.544. The topological polar surface area (TPSA) is 93.9 Å². The molecule has 2 fully saturated rings. The van der Waals surface area contributed by atoms with E-state index in [2.05, 4.69) is 5.32 Å². The Morgan fingerprint density at radius 3 is 2.50 bits per heavy atom. The van der Waals surface area contributed by atoms with Crippen LogP contribution in [0.25, 0.3) is 0 Å². The molecule has 2 atom stereocenters. The molecule has 0 bridgehead atoms. The first-order valence-corrected chi connectivity index (χ1v) is 13.4. The second-order valence-corrected chi connectivity index (χ2v) is 10.6. The molecule has 5 rings (SSSR count). The SMILES string of the molecule is NC1CCCCC1N(Cc1cc(NC(=O)c2ccc3c(c2)OCO3)ccc1Cl)C(=O)C1CCCCC1. The van der Waals surface area contributed by atoms with Crippen molar-refractivity contribution in [3.05, 3.63) is 52.5 Å². The summed E-state index contributed by atoms with van der Waals surface area (Å²) in [6.07, 6.45) is 9.30. The maximum Gasteiger partial charge on any atom is 0.255 e. The molecule has 192 valence electrons. The van der Waals surface area contributed by atoms with Gasteiger partial charge in [0.1, 0.15) is 0 Å². The van der Waals surface area contributed by atoms with E-state index in [-0.39, 0.29) is 36.6 Å². The monoisotopic (exact) mass is 511 g/mol. The van der Waals surface area contributed by atoms with Crippen molar-refractivity contribution in [2.24, 2.45) is 11.7 Å². The molecule has 2 saturated carbocycles. The third-order valence-electron chi connectivity index (χ3n) is 7.70. The van der Waals surface area contributed by atoms with Crippen LogP contribution in [0.4, 0.5) is 5.69 Å². The second-order valence-electron chi connectivity index (χ2n) is 10.1. The van der Waals surface area contributed by atoms with Crippen molar-refractivity contribution in [2.45, 2.75) is 76.4 Å². The average Bonchev–Trinajstić information content (AvgIpc) is 3.38. The minimum atomic E-state index is -0.258. The molecule has 7 nitrogen and oxygen atoms in total. The number of fused-ring (bicyclic) bond motifs is 1. The van der Waals surface area contributed by atoms with Crippen molar-refractivity contribution in [3.8, 4) is 11.5 Å². The van der Waals surface area contributed by atoms with E-state index >= 15 is 0 Å². The van der Waals surface area contributed by atoms with Crippen LogP contribution >= 0.6 is 11.6 Å². The summed E-state index contributed by atoms with van der Waals surface area (Å²) in [7, 11) is 0. The van der Waals surface area contributed by atoms with Crippen LogP contribution in [0.15, 0.2) is 36.4 Å². The van der Waals surface area contributed by atoms with Gasteiger partial charge in [0.25, 0.3) is 5.91 Å². The van der Waals surface area contributed by atoms with Gasteiger partial charge in [0.2, 0.25) is 12.7 Å². The highest BCUT2D eigenvalue weighted by atomic mass is 35.5. The van der Waals surface area contributed by atoms with Crippen molar-refractivity contribution in [2.75, 3.05) is 12.1 Å². The molecule has 0 spiro atoms. The van der Waals surface area contributed by atoms with E-state index in [0.717, 1.165) is 56.9 Å². The highest BCUT2D eigenvalue weighted by Crippen LogP contribution is 2.34. The third kappa shape index (κ3) is 5.47. The number of rotatable bonds is 6. The van der Waals surface area contributed by atoms with E-state index < -0.39 is 0 Å². The molecule has 2 aromatic carbocycles. The number of carbonyl (C=O) groups excluding carboxylic acids is 2. The lowest BCUT2D eigenvalue weighted by molar-refractivity contribution is -0.141. The summed E-state index contributed by atoms with van der Waals surface area (Å²) in [4.78, 5) is 28.6. The molecule has 8 heteroatoms. The molecule has 0 aromatic heterocycles. The molecule has 36 heavy (non-hydrogen) atoms. The number of benzene rings is 2. The van der Waals surface area contributed by atoms with E-state index in [9.17, 15) is 9.59 Å². The fourth-order valence-electron chi connectivity index (χ4n) is 5.67. The quantitative estimate of drug-likeness (QED) is 0.534. The zero-order valence-electron chi connectivity index (χ0n) is 20.5. The normalized spacial score (nSPS) is 21.7. The first-order chi connectivity index (χ1) is 17.5. The molecule has 0 radical (unpaired) electrons. The van der Waals surface area contributed by atoms with Crippen LogP contribution in [-0.2, 0) is 11.3 Å². The fourth-order valence-corrected chi connectivity index (χ4v) is 5.85. The lowest BCUT2D eigenvalue weighted by Gasteiger charge is -2.41. The van der Waals surface area contributed by atoms with Gasteiger partial charge in [0, 0.05) is 40.8 Å². The van der Waals surface area contributed by atoms with Crippen molar-refractivity contribution >= 4 is 29.1 Å². The van der Waals surface area contributed by atoms with E-state index in [1.165, 1.54) is 6.42 Å². The van der Waals surface area contributed by atoms with Gasteiger partial charge in [-0.3, -0.25) is 9.59 Å². The van der Waals surface area contributed by atoms with Crippen LogP contribution in [-0.4, -0.2) is 35.6 Å². The van der Waals surface area contributed by atoms with Crippen molar-refractivity contribution in [1.29, 1.82) is 0 Å². The number of anilines is 1.